The van der Waals surface area contributed by atoms with Crippen molar-refractivity contribution in [2.45, 2.75) is 44.9 Å². The molecule has 40 heavy (non-hydrogen) atoms. The van der Waals surface area contributed by atoms with Crippen LogP contribution in [0.25, 0.3) is 16.8 Å². The first-order valence-electron chi connectivity index (χ1n) is 13.5. The van der Waals surface area contributed by atoms with E-state index in [2.05, 4.69) is 67.3 Å². The van der Waals surface area contributed by atoms with Gasteiger partial charge >= 0.3 is 0 Å². The summed E-state index contributed by atoms with van der Waals surface area (Å²) in [6.07, 6.45) is 0.973. The maximum atomic E-state index is 13.6. The van der Waals surface area contributed by atoms with E-state index in [4.69, 9.17) is 0 Å². The molecule has 0 fully saturated rings. The Morgan fingerprint density at radius 1 is 0.750 bits per heavy atom. The van der Waals surface area contributed by atoms with Crippen molar-refractivity contribution in [3.05, 3.63) is 118 Å². The summed E-state index contributed by atoms with van der Waals surface area (Å²) in [4.78, 5) is 21.1. The van der Waals surface area contributed by atoms with Gasteiger partial charge < -0.3 is 10.0 Å². The van der Waals surface area contributed by atoms with Crippen LogP contribution in [0.5, 0.6) is 0 Å². The Morgan fingerprint density at radius 3 is 2.17 bits per heavy atom. The Balaban J connectivity index is 1.25. The second-order valence-electron chi connectivity index (χ2n) is 11.5. The van der Waals surface area contributed by atoms with Crippen LogP contribution in [0.3, 0.4) is 0 Å². The van der Waals surface area contributed by atoms with Gasteiger partial charge in [0.1, 0.15) is 6.10 Å². The molecule has 0 saturated carbocycles. The molecule has 1 atom stereocenters. The van der Waals surface area contributed by atoms with E-state index in [1.165, 1.54) is 47.8 Å². The van der Waals surface area contributed by atoms with Crippen molar-refractivity contribution < 1.29 is 9.90 Å². The number of aliphatic hydroxyl groups excluding tert-OH is 1. The number of aliphatic hydroxyl groups is 1. The van der Waals surface area contributed by atoms with Crippen molar-refractivity contribution in [2.24, 2.45) is 0 Å². The molecular formula is C35H23NO2S2. The molecule has 192 valence electrons. The first kappa shape index (κ1) is 23.0. The lowest BCUT2D eigenvalue weighted by Crippen LogP contribution is -2.34. The number of Topliss-reactive ketones (excluding diaryl/α,β-unsaturated/α-hetero) is 1. The van der Waals surface area contributed by atoms with Crippen molar-refractivity contribution in [3.63, 3.8) is 0 Å². The molecule has 1 N–H and O–H groups in total. The van der Waals surface area contributed by atoms with Crippen LogP contribution in [-0.4, -0.2) is 10.9 Å². The van der Waals surface area contributed by atoms with E-state index in [9.17, 15) is 9.90 Å². The maximum Gasteiger partial charge on any atom is 0.192 e. The van der Waals surface area contributed by atoms with Crippen molar-refractivity contribution in [1.29, 1.82) is 0 Å². The summed E-state index contributed by atoms with van der Waals surface area (Å²) in [5.41, 5.74) is 8.80. The van der Waals surface area contributed by atoms with Crippen molar-refractivity contribution in [1.82, 2.24) is 0 Å². The van der Waals surface area contributed by atoms with Crippen LogP contribution < -0.4 is 4.90 Å². The number of nitrogens with zero attached hydrogens (tertiary/aromatic N) is 1. The Hall–Kier alpha value is -3.77. The Bertz CT molecular complexity index is 2040. The smallest absolute Gasteiger partial charge is 0.192 e. The second kappa shape index (κ2) is 7.70. The fourth-order valence-electron chi connectivity index (χ4n) is 6.89. The van der Waals surface area contributed by atoms with Gasteiger partial charge in [0.25, 0.3) is 0 Å². The number of rotatable bonds is 1. The van der Waals surface area contributed by atoms with Gasteiger partial charge in [-0.1, -0.05) is 79.8 Å². The van der Waals surface area contributed by atoms with Crippen molar-refractivity contribution in [3.8, 4) is 0 Å². The van der Waals surface area contributed by atoms with Crippen LogP contribution in [0, 0.1) is 0 Å². The second-order valence-corrected chi connectivity index (χ2v) is 13.6. The van der Waals surface area contributed by atoms with Crippen molar-refractivity contribution in [2.75, 3.05) is 4.90 Å². The van der Waals surface area contributed by atoms with Gasteiger partial charge in [0.15, 0.2) is 5.78 Å². The highest BCUT2D eigenvalue weighted by molar-refractivity contribution is 8.00. The Kier molecular flexibility index (Phi) is 4.42. The topological polar surface area (TPSA) is 40.5 Å². The largest absolute Gasteiger partial charge is 0.383 e. The monoisotopic (exact) mass is 553 g/mol. The molecule has 3 aliphatic heterocycles. The Labute approximate surface area is 240 Å². The summed E-state index contributed by atoms with van der Waals surface area (Å²) in [5, 5.41) is 13.4. The van der Waals surface area contributed by atoms with Crippen LogP contribution in [0.15, 0.2) is 110 Å². The summed E-state index contributed by atoms with van der Waals surface area (Å²) in [5.74, 6) is -0.0930. The highest BCUT2D eigenvalue weighted by Crippen LogP contribution is 2.66. The summed E-state index contributed by atoms with van der Waals surface area (Å²) in [6, 6.07) is 29.5. The van der Waals surface area contributed by atoms with E-state index in [-0.39, 0.29) is 11.2 Å². The molecule has 0 saturated heterocycles. The number of carbonyl (C=O) groups excluding carboxylic acids is 1. The van der Waals surface area contributed by atoms with Gasteiger partial charge in [0.05, 0.1) is 17.1 Å². The molecular weight excluding hydrogens is 531 g/mol. The van der Waals surface area contributed by atoms with Gasteiger partial charge in [-0.25, -0.2) is 0 Å². The lowest BCUT2D eigenvalue weighted by Gasteiger charge is -2.48. The van der Waals surface area contributed by atoms with Crippen LogP contribution >= 0.6 is 23.5 Å². The number of ketones is 1. The molecule has 3 nitrogen and oxygen atoms in total. The molecule has 0 spiro atoms. The number of para-hydroxylation sites is 2. The molecule has 3 heterocycles. The molecule has 9 rings (SSSR count). The summed E-state index contributed by atoms with van der Waals surface area (Å²) in [7, 11) is 0. The zero-order valence-electron chi connectivity index (χ0n) is 21.9. The zero-order chi connectivity index (χ0) is 26.9. The number of hydrogen-bond donors (Lipinski definition) is 1. The fraction of sp³-hybridized carbons (Fsp3) is 0.114. The van der Waals surface area contributed by atoms with Crippen LogP contribution in [0.1, 0.15) is 52.6 Å². The van der Waals surface area contributed by atoms with E-state index < -0.39 is 6.10 Å². The molecule has 4 aliphatic rings. The van der Waals surface area contributed by atoms with Gasteiger partial charge in [-0.15, -0.1) is 0 Å². The molecule has 5 aromatic rings. The maximum absolute atomic E-state index is 13.6. The number of fused-ring (bicyclic) bond motifs is 2. The van der Waals surface area contributed by atoms with E-state index in [0.717, 1.165) is 16.3 Å². The minimum Gasteiger partial charge on any atom is -0.383 e. The molecule has 0 radical (unpaired) electrons. The van der Waals surface area contributed by atoms with Crippen LogP contribution in [0.4, 0.5) is 17.1 Å². The van der Waals surface area contributed by atoms with E-state index in [1.807, 2.05) is 54.2 Å². The zero-order valence-corrected chi connectivity index (χ0v) is 23.5. The highest BCUT2D eigenvalue weighted by Gasteiger charge is 2.45. The summed E-state index contributed by atoms with van der Waals surface area (Å²) in [6.45, 7) is 4.60. The lowest BCUT2D eigenvalue weighted by molar-refractivity contribution is 0.102. The minimum atomic E-state index is -0.939. The SMILES string of the molecule is CC1(C)c2cccc3c2N2c4c(cccc4Sc4cc(/C=C5/C(=O)c6cc7ccccc7cc6C5O)cc1c42)S3. The first-order chi connectivity index (χ1) is 19.4. The number of anilines is 3. The highest BCUT2D eigenvalue weighted by atomic mass is 32.2. The Morgan fingerprint density at radius 2 is 1.40 bits per heavy atom. The lowest BCUT2D eigenvalue weighted by atomic mass is 9.73. The van der Waals surface area contributed by atoms with E-state index >= 15 is 0 Å². The molecule has 0 amide bonds. The van der Waals surface area contributed by atoms with Gasteiger partial charge in [0, 0.05) is 36.1 Å². The van der Waals surface area contributed by atoms with Gasteiger partial charge in [-0.3, -0.25) is 4.79 Å². The average Bonchev–Trinajstić information content (AvgIpc) is 3.18. The van der Waals surface area contributed by atoms with Gasteiger partial charge in [0.2, 0.25) is 0 Å². The predicted molar refractivity (Wildman–Crippen MR) is 163 cm³/mol. The van der Waals surface area contributed by atoms with Crippen LogP contribution in [0.2, 0.25) is 0 Å². The summed E-state index contributed by atoms with van der Waals surface area (Å²) >= 11 is 3.66. The van der Waals surface area contributed by atoms with E-state index in [1.54, 1.807) is 11.8 Å². The molecule has 5 aromatic carbocycles. The number of carbonyl (C=O) groups is 1. The third-order valence-corrected chi connectivity index (χ3v) is 11.0. The van der Waals surface area contributed by atoms with Gasteiger partial charge in [-0.05, 0) is 81.6 Å². The normalized spacial score (nSPS) is 19.7. The average molecular weight is 554 g/mol. The standard InChI is InChI=1S/C35H23NO2S2/c1-35(2)24-9-5-10-26-30(24)36-31-25(35)14-18(15-29(31)40-28-12-6-11-27(39-26)32(28)36)13-23-33(37)21-16-19-7-3-4-8-20(19)17-22(21)34(23)38/h3-17,33,37H,1-2H3/b23-13+. The molecule has 0 aromatic heterocycles. The molecule has 1 aliphatic carbocycles. The van der Waals surface area contributed by atoms with Crippen LogP contribution in [-0.2, 0) is 5.41 Å². The quantitative estimate of drug-likeness (QED) is 0.205. The van der Waals surface area contributed by atoms with E-state index in [0.29, 0.717) is 16.7 Å². The molecule has 5 heteroatoms. The minimum absolute atomic E-state index is 0.0930. The molecule has 1 unspecified atom stereocenters. The van der Waals surface area contributed by atoms with Crippen molar-refractivity contribution >= 4 is 63.2 Å². The number of benzene rings is 5. The molecule has 0 bridgehead atoms. The van der Waals surface area contributed by atoms with Gasteiger partial charge in [-0.2, -0.15) is 0 Å². The predicted octanol–water partition coefficient (Wildman–Crippen LogP) is 9.19. The first-order valence-corrected chi connectivity index (χ1v) is 15.1. The number of hydrogen-bond acceptors (Lipinski definition) is 5. The third kappa shape index (κ3) is 2.85. The summed E-state index contributed by atoms with van der Waals surface area (Å²) < 4.78 is 0. The third-order valence-electron chi connectivity index (χ3n) is 8.85. The fourth-order valence-corrected chi connectivity index (χ4v) is 9.26.